The van der Waals surface area contributed by atoms with Crippen LogP contribution in [0.15, 0.2) is 16.7 Å². The summed E-state index contributed by atoms with van der Waals surface area (Å²) in [6, 6.07) is 1.17. The van der Waals surface area contributed by atoms with E-state index in [9.17, 15) is 14.7 Å². The lowest BCUT2D eigenvalue weighted by Crippen LogP contribution is -2.46. The smallest absolute Gasteiger partial charge is 0.308 e. The fourth-order valence-electron chi connectivity index (χ4n) is 3.67. The van der Waals surface area contributed by atoms with Gasteiger partial charge < -0.3 is 19.9 Å². The Morgan fingerprint density at radius 1 is 1.35 bits per heavy atom. The summed E-state index contributed by atoms with van der Waals surface area (Å²) in [5.74, 6) is -0.891. The zero-order valence-corrected chi connectivity index (χ0v) is 10.9. The molecule has 2 bridgehead atoms. The average molecular weight is 279 g/mol. The van der Waals surface area contributed by atoms with Crippen LogP contribution in [0.3, 0.4) is 0 Å². The first-order chi connectivity index (χ1) is 9.60. The van der Waals surface area contributed by atoms with Crippen LogP contribution < -0.4 is 5.32 Å². The minimum atomic E-state index is -0.828. The van der Waals surface area contributed by atoms with Crippen molar-refractivity contribution in [1.29, 1.82) is 0 Å². The van der Waals surface area contributed by atoms with Crippen molar-refractivity contribution in [2.45, 2.75) is 31.9 Å². The molecule has 20 heavy (non-hydrogen) atoms. The van der Waals surface area contributed by atoms with Gasteiger partial charge in [-0.2, -0.15) is 0 Å². The van der Waals surface area contributed by atoms with Crippen LogP contribution in [0.2, 0.25) is 0 Å². The minimum Gasteiger partial charge on any atom is -0.481 e. The van der Waals surface area contributed by atoms with Gasteiger partial charge in [0.05, 0.1) is 11.5 Å². The molecule has 1 heterocycles. The maximum atomic E-state index is 12.1. The van der Waals surface area contributed by atoms with Crippen LogP contribution in [-0.2, 0) is 11.4 Å². The summed E-state index contributed by atoms with van der Waals surface area (Å²) < 4.78 is 5.01. The minimum absolute atomic E-state index is 0.181. The molecule has 1 aromatic heterocycles. The van der Waals surface area contributed by atoms with E-state index in [-0.39, 0.29) is 30.4 Å². The molecule has 3 N–H and O–H groups in total. The number of fused-ring (bicyclic) bond motifs is 2. The van der Waals surface area contributed by atoms with Crippen LogP contribution in [0.5, 0.6) is 0 Å². The molecule has 2 aliphatic rings. The zero-order chi connectivity index (χ0) is 14.3. The summed E-state index contributed by atoms with van der Waals surface area (Å²) in [5, 5.41) is 21.1. The number of nitrogens with one attached hydrogen (secondary N) is 1. The van der Waals surface area contributed by atoms with Gasteiger partial charge in [0.25, 0.3) is 5.91 Å². The molecule has 2 fully saturated rings. The third kappa shape index (κ3) is 2.10. The SMILES string of the molecule is O=C(N[C@H]1[C@@H]2CC[C@@H](C2)[C@H]1C(=O)O)c1coc(CO)c1. The number of rotatable bonds is 4. The second-order valence-corrected chi connectivity index (χ2v) is 5.66. The fourth-order valence-corrected chi connectivity index (χ4v) is 3.67. The highest BCUT2D eigenvalue weighted by molar-refractivity contribution is 5.94. The highest BCUT2D eigenvalue weighted by Crippen LogP contribution is 2.48. The number of aliphatic hydroxyl groups excluding tert-OH is 1. The molecule has 1 aromatic rings. The normalized spacial score (nSPS) is 31.4. The van der Waals surface area contributed by atoms with E-state index in [0.717, 1.165) is 19.3 Å². The van der Waals surface area contributed by atoms with Gasteiger partial charge in [-0.25, -0.2) is 0 Å². The molecule has 108 valence electrons. The van der Waals surface area contributed by atoms with E-state index in [1.807, 2.05) is 0 Å². The Hall–Kier alpha value is -1.82. The lowest BCUT2D eigenvalue weighted by molar-refractivity contribution is -0.144. The van der Waals surface area contributed by atoms with Crippen LogP contribution in [0, 0.1) is 17.8 Å². The van der Waals surface area contributed by atoms with Crippen molar-refractivity contribution >= 4 is 11.9 Å². The van der Waals surface area contributed by atoms with Crippen LogP contribution in [0.25, 0.3) is 0 Å². The van der Waals surface area contributed by atoms with Crippen LogP contribution in [0.1, 0.15) is 35.4 Å². The summed E-state index contributed by atoms with van der Waals surface area (Å²) in [6.45, 7) is -0.265. The predicted octanol–water partition coefficient (Wildman–Crippen LogP) is 1.00. The molecule has 0 radical (unpaired) electrons. The largest absolute Gasteiger partial charge is 0.481 e. The van der Waals surface area contributed by atoms with Gasteiger partial charge in [0.15, 0.2) is 0 Å². The van der Waals surface area contributed by atoms with Crippen LogP contribution in [0.4, 0.5) is 0 Å². The monoisotopic (exact) mass is 279 g/mol. The van der Waals surface area contributed by atoms with Gasteiger partial charge >= 0.3 is 5.97 Å². The average Bonchev–Trinajstić information content (AvgIpc) is 3.13. The Kier molecular flexibility index (Phi) is 3.25. The van der Waals surface area contributed by atoms with E-state index in [1.165, 1.54) is 12.3 Å². The standard InChI is InChI=1S/C14H17NO5/c16-5-10-4-9(6-20-10)13(17)15-12-8-2-1-7(3-8)11(12)14(18)19/h4,6-8,11-12,16H,1-3,5H2,(H,15,17)(H,18,19)/t7-,8+,11+,12-/m0/s1. The lowest BCUT2D eigenvalue weighted by Gasteiger charge is -2.28. The second-order valence-electron chi connectivity index (χ2n) is 5.66. The summed E-state index contributed by atoms with van der Waals surface area (Å²) in [5.41, 5.74) is 0.320. The van der Waals surface area contributed by atoms with Gasteiger partial charge in [0.1, 0.15) is 18.6 Å². The summed E-state index contributed by atoms with van der Waals surface area (Å²) in [6.07, 6.45) is 4.08. The number of hydrogen-bond acceptors (Lipinski definition) is 4. The first-order valence-corrected chi connectivity index (χ1v) is 6.82. The van der Waals surface area contributed by atoms with E-state index < -0.39 is 11.9 Å². The zero-order valence-electron chi connectivity index (χ0n) is 10.9. The van der Waals surface area contributed by atoms with Crippen molar-refractivity contribution in [2.24, 2.45) is 17.8 Å². The number of carbonyl (C=O) groups excluding carboxylic acids is 1. The van der Waals surface area contributed by atoms with Gasteiger partial charge in [-0.3, -0.25) is 9.59 Å². The van der Waals surface area contributed by atoms with Crippen LogP contribution in [-0.4, -0.2) is 28.1 Å². The molecule has 2 aliphatic carbocycles. The molecule has 2 saturated carbocycles. The van der Waals surface area contributed by atoms with Crippen LogP contribution >= 0.6 is 0 Å². The molecular formula is C14H17NO5. The Bertz CT molecular complexity index is 537. The number of aliphatic carboxylic acids is 1. The lowest BCUT2D eigenvalue weighted by atomic mass is 9.84. The van der Waals surface area contributed by atoms with Crippen molar-refractivity contribution < 1.29 is 24.2 Å². The molecule has 1 amide bonds. The Morgan fingerprint density at radius 2 is 2.10 bits per heavy atom. The molecule has 0 saturated heterocycles. The van der Waals surface area contributed by atoms with Gasteiger partial charge in [-0.15, -0.1) is 0 Å². The molecule has 4 atom stereocenters. The van der Waals surface area contributed by atoms with Crippen molar-refractivity contribution in [2.75, 3.05) is 0 Å². The molecular weight excluding hydrogens is 262 g/mol. The van der Waals surface area contributed by atoms with Gasteiger partial charge in [-0.05, 0) is 37.2 Å². The van der Waals surface area contributed by atoms with Crippen molar-refractivity contribution in [3.05, 3.63) is 23.7 Å². The summed E-state index contributed by atoms with van der Waals surface area (Å²) in [4.78, 5) is 23.5. The first kappa shape index (κ1) is 13.2. The quantitative estimate of drug-likeness (QED) is 0.763. The fraction of sp³-hybridized carbons (Fsp3) is 0.571. The van der Waals surface area contributed by atoms with E-state index in [0.29, 0.717) is 11.3 Å². The molecule has 0 spiro atoms. The van der Waals surface area contributed by atoms with Crippen molar-refractivity contribution in [3.8, 4) is 0 Å². The Balaban J connectivity index is 1.73. The van der Waals surface area contributed by atoms with Crippen molar-refractivity contribution in [3.63, 3.8) is 0 Å². The maximum Gasteiger partial charge on any atom is 0.308 e. The van der Waals surface area contributed by atoms with E-state index in [2.05, 4.69) is 5.32 Å². The van der Waals surface area contributed by atoms with E-state index >= 15 is 0 Å². The number of hydrogen-bond donors (Lipinski definition) is 3. The topological polar surface area (TPSA) is 99.8 Å². The maximum absolute atomic E-state index is 12.1. The molecule has 0 aliphatic heterocycles. The third-order valence-corrected chi connectivity index (χ3v) is 4.57. The second kappa shape index (κ2) is 4.94. The third-order valence-electron chi connectivity index (χ3n) is 4.57. The van der Waals surface area contributed by atoms with E-state index in [4.69, 9.17) is 9.52 Å². The molecule has 6 heteroatoms. The van der Waals surface area contributed by atoms with E-state index in [1.54, 1.807) is 0 Å². The highest BCUT2D eigenvalue weighted by atomic mass is 16.4. The number of carboxylic acids is 1. The predicted molar refractivity (Wildman–Crippen MR) is 67.8 cm³/mol. The molecule has 6 nitrogen and oxygen atoms in total. The Morgan fingerprint density at radius 3 is 2.75 bits per heavy atom. The van der Waals surface area contributed by atoms with Gasteiger partial charge in [0.2, 0.25) is 0 Å². The highest BCUT2D eigenvalue weighted by Gasteiger charge is 2.51. The Labute approximate surface area is 115 Å². The molecule has 0 unspecified atom stereocenters. The molecule has 3 rings (SSSR count). The number of aliphatic hydroxyl groups is 1. The number of amides is 1. The summed E-state index contributed by atoms with van der Waals surface area (Å²) >= 11 is 0. The summed E-state index contributed by atoms with van der Waals surface area (Å²) in [7, 11) is 0. The first-order valence-electron chi connectivity index (χ1n) is 6.82. The number of carboxylic acid groups (broad SMARTS) is 1. The number of carbonyl (C=O) groups is 2. The van der Waals surface area contributed by atoms with Gasteiger partial charge in [0, 0.05) is 6.04 Å². The van der Waals surface area contributed by atoms with Gasteiger partial charge in [-0.1, -0.05) is 0 Å². The van der Waals surface area contributed by atoms with Crippen molar-refractivity contribution in [1.82, 2.24) is 5.32 Å². The molecule has 0 aromatic carbocycles. The number of furan rings is 1.